The molecule has 1 spiro atoms. The number of Topliss-reactive ketones (excluding diaryl/α,β-unsaturated/α-hetero) is 1. The average molecular weight is 973 g/mol. The fourth-order valence-corrected chi connectivity index (χ4v) is 10.7. The molecule has 2 saturated heterocycles. The number of likely N-dealkylation sites (N-methyl/N-ethyl adjacent to an activating group) is 1. The predicted molar refractivity (Wildman–Crippen MR) is 261 cm³/mol. The van der Waals surface area contributed by atoms with Crippen LogP contribution in [-0.2, 0) is 28.6 Å². The molecule has 0 radical (unpaired) electrons. The van der Waals surface area contributed by atoms with Crippen molar-refractivity contribution in [2.75, 3.05) is 52.2 Å². The Morgan fingerprint density at radius 2 is 1.67 bits per heavy atom. The lowest BCUT2D eigenvalue weighted by Crippen LogP contribution is -2.47. The molecule has 6 N–H and O–H groups in total. The van der Waals surface area contributed by atoms with Crippen LogP contribution in [0.15, 0.2) is 46.1 Å². The predicted octanol–water partition coefficient (Wildman–Crippen LogP) is 3.94. The minimum Gasteiger partial charge on any atom is -0.507 e. The number of phenolic OH excluding ortho intramolecular Hbond substituents is 2. The third-order valence-corrected chi connectivity index (χ3v) is 14.9. The van der Waals surface area contributed by atoms with Gasteiger partial charge in [-0.2, -0.15) is 0 Å². The zero-order chi connectivity index (χ0) is 51.1. The summed E-state index contributed by atoms with van der Waals surface area (Å²) in [6.07, 6.45) is 4.62. The molecule has 6 aliphatic rings. The third-order valence-electron chi connectivity index (χ3n) is 14.9. The summed E-state index contributed by atoms with van der Waals surface area (Å²) in [6, 6.07) is -0.101. The highest BCUT2D eigenvalue weighted by molar-refractivity contribution is 6.21. The average Bonchev–Trinajstić information content (AvgIpc) is 3.98. The number of aliphatic hydroxyl groups is 2. The van der Waals surface area contributed by atoms with Crippen molar-refractivity contribution in [2.45, 2.75) is 130 Å². The second-order valence-electron chi connectivity index (χ2n) is 20.9. The lowest BCUT2D eigenvalue weighted by molar-refractivity contribution is -0.164. The number of nitrogens with zero attached hydrogens (tertiary/aromatic N) is 4. The van der Waals surface area contributed by atoms with Gasteiger partial charge in [0.05, 0.1) is 41.2 Å². The number of rotatable bonds is 7. The third kappa shape index (κ3) is 10.3. The zero-order valence-electron chi connectivity index (χ0n) is 42.4. The molecule has 18 nitrogen and oxygen atoms in total. The molecule has 2 aromatic carbocycles. The van der Waals surface area contributed by atoms with Gasteiger partial charge in [0.2, 0.25) is 5.91 Å². The number of allylic oxidation sites excluding steroid dienone is 2. The van der Waals surface area contributed by atoms with E-state index in [0.717, 1.165) is 19.5 Å². The van der Waals surface area contributed by atoms with Crippen LogP contribution in [0.4, 0.5) is 5.69 Å². The number of benzene rings is 2. The summed E-state index contributed by atoms with van der Waals surface area (Å²) >= 11 is 0. The van der Waals surface area contributed by atoms with E-state index >= 15 is 0 Å². The molecule has 6 heterocycles. The van der Waals surface area contributed by atoms with Crippen molar-refractivity contribution in [3.8, 4) is 17.2 Å². The van der Waals surface area contributed by atoms with Crippen LogP contribution in [0.5, 0.6) is 17.2 Å². The number of amides is 2. The Morgan fingerprint density at radius 3 is 2.31 bits per heavy atom. The Morgan fingerprint density at radius 1 is 0.971 bits per heavy atom. The zero-order valence-corrected chi connectivity index (χ0v) is 42.4. The summed E-state index contributed by atoms with van der Waals surface area (Å²) in [7, 11) is 3.39. The van der Waals surface area contributed by atoms with Crippen LogP contribution in [-0.4, -0.2) is 143 Å². The van der Waals surface area contributed by atoms with Gasteiger partial charge in [-0.3, -0.25) is 24.2 Å². The minimum absolute atomic E-state index is 0.0270. The van der Waals surface area contributed by atoms with Crippen molar-refractivity contribution in [1.29, 1.82) is 0 Å². The molecule has 2 amide bonds. The summed E-state index contributed by atoms with van der Waals surface area (Å²) in [5.41, 5.74) is -0.232. The molecule has 18 heteroatoms. The van der Waals surface area contributed by atoms with E-state index in [1.807, 2.05) is 7.05 Å². The van der Waals surface area contributed by atoms with Crippen molar-refractivity contribution in [3.63, 3.8) is 0 Å². The Balaban J connectivity index is 1.31. The second-order valence-corrected chi connectivity index (χ2v) is 20.9. The van der Waals surface area contributed by atoms with Gasteiger partial charge in [0.15, 0.2) is 5.75 Å². The largest absolute Gasteiger partial charge is 0.507 e. The van der Waals surface area contributed by atoms with Crippen LogP contribution in [0.3, 0.4) is 0 Å². The van der Waals surface area contributed by atoms with Crippen molar-refractivity contribution in [1.82, 2.24) is 15.1 Å². The molecule has 10 atom stereocenters. The number of ketones is 1. The smallest absolute Gasteiger partial charge is 0.315 e. The standard InChI is InChI=1S/C52H72N6O12/c1-26(2)24-58-20-17-52(18-21-58)55-40-37-38-45(63)32(8)48-39(37)49(65)51(9,70-48)68-22-16-34(67-11)29(5)47(69-36(60)23-35(59)53-33-15-19-57(10)25-33)31(7)44(62)30(6)43(61)27(3)13-12-14-28(4)50(66)54-42(46(38)64)41(40)56-52/h12-14,16,22,26-27,29-31,33-34,43-44,47,55,61-64H,15,17-21,23-25H2,1-11H3,(H,53,59)/b13-12+,22-16+,28-14-,54-42?/t27-,29+,30+,31+,33?,34-,43-,44+,47+,51-/m0/s1. The van der Waals surface area contributed by atoms with Gasteiger partial charge in [-0.15, -0.1) is 0 Å². The molecule has 0 saturated carbocycles. The van der Waals surface area contributed by atoms with Gasteiger partial charge in [-0.25, -0.2) is 4.99 Å². The highest BCUT2D eigenvalue weighted by atomic mass is 16.7. The summed E-state index contributed by atoms with van der Waals surface area (Å²) in [5, 5.41) is 54.1. The van der Waals surface area contributed by atoms with Gasteiger partial charge in [0, 0.05) is 99.3 Å². The van der Waals surface area contributed by atoms with Gasteiger partial charge in [0.1, 0.15) is 40.4 Å². The lowest BCUT2D eigenvalue weighted by Gasteiger charge is -2.38. The molecule has 8 rings (SSSR count). The van der Waals surface area contributed by atoms with E-state index in [2.05, 4.69) is 39.3 Å². The molecule has 0 aliphatic carbocycles. The van der Waals surface area contributed by atoms with E-state index in [4.69, 9.17) is 23.9 Å². The van der Waals surface area contributed by atoms with Gasteiger partial charge >= 0.3 is 11.8 Å². The molecular formula is C52H72N6O12. The number of aromatic hydroxyl groups is 2. The normalized spacial score (nSPS) is 32.4. The fraction of sp³-hybridized carbons (Fsp3) is 0.615. The molecule has 2 fully saturated rings. The van der Waals surface area contributed by atoms with E-state index in [9.17, 15) is 39.6 Å². The van der Waals surface area contributed by atoms with Crippen LogP contribution >= 0.6 is 0 Å². The van der Waals surface area contributed by atoms with Crippen molar-refractivity contribution in [2.24, 2.45) is 39.6 Å². The molecule has 5 bridgehead atoms. The number of aliphatic hydroxyl groups excluding tert-OH is 2. The Bertz CT molecular complexity index is 2600. The first-order chi connectivity index (χ1) is 33.0. The first-order valence-corrected chi connectivity index (χ1v) is 24.6. The van der Waals surface area contributed by atoms with Crippen LogP contribution in [0.2, 0.25) is 0 Å². The molecule has 0 aromatic heterocycles. The number of carbonyl (C=O) groups is 4. The first-order valence-electron chi connectivity index (χ1n) is 24.6. The number of esters is 1. The Labute approximate surface area is 409 Å². The number of hydrogen-bond acceptors (Lipinski definition) is 16. The molecule has 1 unspecified atom stereocenters. The van der Waals surface area contributed by atoms with E-state index < -0.39 is 101 Å². The highest BCUT2D eigenvalue weighted by Gasteiger charge is 2.51. The van der Waals surface area contributed by atoms with E-state index in [1.165, 1.54) is 32.4 Å². The summed E-state index contributed by atoms with van der Waals surface area (Å²) < 4.78 is 24.5. The summed E-state index contributed by atoms with van der Waals surface area (Å²) in [5.74, 6) is -7.94. The van der Waals surface area contributed by atoms with Gasteiger partial charge < -0.3 is 59.8 Å². The van der Waals surface area contributed by atoms with E-state index in [-0.39, 0.29) is 50.0 Å². The van der Waals surface area contributed by atoms with E-state index in [1.54, 1.807) is 53.7 Å². The van der Waals surface area contributed by atoms with Crippen molar-refractivity contribution < 1.29 is 58.6 Å². The Kier molecular flexibility index (Phi) is 15.5. The number of nitrogens with one attached hydrogen (secondary N) is 2. The van der Waals surface area contributed by atoms with Crippen LogP contribution in [0.1, 0.15) is 97.0 Å². The fourth-order valence-electron chi connectivity index (χ4n) is 10.7. The number of fused-ring (bicyclic) bond motifs is 13. The van der Waals surface area contributed by atoms with Gasteiger partial charge in [0.25, 0.3) is 11.7 Å². The number of ether oxygens (including phenoxy) is 4. The topological polar surface area (TPSA) is 241 Å². The Hall–Kier alpha value is -5.40. The van der Waals surface area contributed by atoms with E-state index in [0.29, 0.717) is 44.1 Å². The number of piperidine rings is 1. The number of phenols is 2. The second kappa shape index (κ2) is 20.7. The van der Waals surface area contributed by atoms with Gasteiger partial charge in [-0.05, 0) is 45.9 Å². The quantitative estimate of drug-likeness (QED) is 0.131. The molecular weight excluding hydrogens is 901 g/mol. The maximum atomic E-state index is 14.9. The SMILES string of the molecule is CO[C@H]1/C=C/O[C@@]2(C)Oc3c(C)c(O)c4c(O)c(c5c(c4c3C2=O)NC2(CCN(CC(C)C)CC2)N=5)=NC(=O)/C(C)=C\C=C\[C@H](C)[C@H](O)[C@@H](C)[C@@H](O)[C@@H](C)[C@H](OC(=O)CC(=O)NC2CCN(C)C2)[C@@H]1C. The minimum atomic E-state index is -2.01. The number of anilines is 1. The number of methoxy groups -OCH3 is 1. The van der Waals surface area contributed by atoms with Crippen molar-refractivity contribution >= 4 is 40.0 Å². The van der Waals surface area contributed by atoms with Crippen LogP contribution < -0.4 is 26.1 Å². The van der Waals surface area contributed by atoms with Crippen LogP contribution in [0, 0.1) is 36.5 Å². The number of likely N-dealkylation sites (tertiary alicyclic amines) is 2. The number of carbonyl (C=O) groups excluding carboxylic acids is 4. The van der Waals surface area contributed by atoms with Gasteiger partial charge in [-0.1, -0.05) is 59.8 Å². The summed E-state index contributed by atoms with van der Waals surface area (Å²) in [6.45, 7) is 19.5. The first kappa shape index (κ1) is 52.4. The van der Waals surface area contributed by atoms with Crippen LogP contribution in [0.25, 0.3) is 10.8 Å². The highest BCUT2D eigenvalue weighted by Crippen LogP contribution is 2.51. The summed E-state index contributed by atoms with van der Waals surface area (Å²) in [4.78, 5) is 69.5. The number of hydrogen-bond donors (Lipinski definition) is 6. The maximum absolute atomic E-state index is 14.9. The van der Waals surface area contributed by atoms with Crippen molar-refractivity contribution in [3.05, 3.63) is 58.0 Å². The maximum Gasteiger partial charge on any atom is 0.315 e. The monoisotopic (exact) mass is 973 g/mol. The lowest BCUT2D eigenvalue weighted by atomic mass is 9.78. The molecule has 70 heavy (non-hydrogen) atoms. The molecule has 2 aromatic rings. The molecule has 382 valence electrons. The molecule has 6 aliphatic heterocycles.